The Balaban J connectivity index is 2.53. The molecule has 2 N–H and O–H groups in total. The first-order chi connectivity index (χ1) is 5.09. The zero-order chi connectivity index (χ0) is 8.43. The van der Waals surface area contributed by atoms with Crippen molar-refractivity contribution in [3.8, 4) is 0 Å². The molecule has 11 heavy (non-hydrogen) atoms. The molecule has 1 saturated heterocycles. The zero-order valence-electron chi connectivity index (χ0n) is 5.66. The third-order valence-corrected chi connectivity index (χ3v) is 1.44. The molecule has 60 valence electrons. The summed E-state index contributed by atoms with van der Waals surface area (Å²) in [6.45, 7) is 0. The van der Waals surface area contributed by atoms with E-state index >= 15 is 0 Å². The molecule has 1 aliphatic rings. The van der Waals surface area contributed by atoms with Crippen molar-refractivity contribution in [2.75, 3.05) is 0 Å². The van der Waals surface area contributed by atoms with Crippen molar-refractivity contribution >= 4 is 17.7 Å². The van der Waals surface area contributed by atoms with Crippen LogP contribution in [0.3, 0.4) is 0 Å². The first-order valence-electron chi connectivity index (χ1n) is 3.13. The molecule has 1 amide bonds. The highest BCUT2D eigenvalue weighted by molar-refractivity contribution is 6.08. The molecule has 0 bridgehead atoms. The van der Waals surface area contributed by atoms with Crippen molar-refractivity contribution in [3.05, 3.63) is 0 Å². The number of hydrogen-bond acceptors (Lipinski definition) is 3. The summed E-state index contributed by atoms with van der Waals surface area (Å²) in [5.41, 5.74) is 0. The second-order valence-electron chi connectivity index (χ2n) is 2.36. The fourth-order valence-electron chi connectivity index (χ4n) is 0.947. The van der Waals surface area contributed by atoms with Crippen molar-refractivity contribution in [2.45, 2.75) is 18.9 Å². The normalized spacial score (nSPS) is 23.5. The average molecular weight is 157 g/mol. The summed E-state index contributed by atoms with van der Waals surface area (Å²) in [6, 6.07) is -0.806. The SMILES string of the molecule is O=C(O)CC1NC(=O)CC1=O. The molecule has 1 heterocycles. The Labute approximate surface area is 62.4 Å². The van der Waals surface area contributed by atoms with Crippen LogP contribution >= 0.6 is 0 Å². The maximum absolute atomic E-state index is 10.8. The fraction of sp³-hybridized carbons (Fsp3) is 0.500. The number of amides is 1. The Kier molecular flexibility index (Phi) is 1.89. The molecular weight excluding hydrogens is 150 g/mol. The molecular formula is C6H7NO4. The first-order valence-corrected chi connectivity index (χ1v) is 3.13. The lowest BCUT2D eigenvalue weighted by Gasteiger charge is -2.02. The number of nitrogens with one attached hydrogen (secondary N) is 1. The Morgan fingerprint density at radius 3 is 2.64 bits per heavy atom. The number of carboxylic acids is 1. The van der Waals surface area contributed by atoms with Gasteiger partial charge in [0.15, 0.2) is 5.78 Å². The van der Waals surface area contributed by atoms with E-state index in [1.54, 1.807) is 0 Å². The molecule has 0 radical (unpaired) electrons. The molecule has 1 unspecified atom stereocenters. The minimum atomic E-state index is -1.08. The van der Waals surface area contributed by atoms with Gasteiger partial charge in [0.2, 0.25) is 5.91 Å². The maximum Gasteiger partial charge on any atom is 0.305 e. The summed E-state index contributed by atoms with van der Waals surface area (Å²) in [7, 11) is 0. The number of carbonyl (C=O) groups excluding carboxylic acids is 2. The molecule has 1 aliphatic heterocycles. The van der Waals surface area contributed by atoms with Gasteiger partial charge in [-0.3, -0.25) is 14.4 Å². The number of hydrogen-bond donors (Lipinski definition) is 2. The highest BCUT2D eigenvalue weighted by atomic mass is 16.4. The Morgan fingerprint density at radius 1 is 1.64 bits per heavy atom. The van der Waals surface area contributed by atoms with Gasteiger partial charge >= 0.3 is 5.97 Å². The van der Waals surface area contributed by atoms with Gasteiger partial charge < -0.3 is 10.4 Å². The van der Waals surface area contributed by atoms with Crippen molar-refractivity contribution in [3.63, 3.8) is 0 Å². The smallest absolute Gasteiger partial charge is 0.305 e. The minimum Gasteiger partial charge on any atom is -0.481 e. The summed E-state index contributed by atoms with van der Waals surface area (Å²) < 4.78 is 0. The molecule has 1 atom stereocenters. The van der Waals surface area contributed by atoms with Crippen LogP contribution < -0.4 is 5.32 Å². The average Bonchev–Trinajstić information content (AvgIpc) is 2.09. The molecule has 0 aromatic rings. The molecule has 0 saturated carbocycles. The van der Waals surface area contributed by atoms with E-state index in [0.717, 1.165) is 0 Å². The van der Waals surface area contributed by atoms with Crippen LogP contribution in [0.15, 0.2) is 0 Å². The van der Waals surface area contributed by atoms with Crippen molar-refractivity contribution in [1.82, 2.24) is 5.32 Å². The zero-order valence-corrected chi connectivity index (χ0v) is 5.66. The molecule has 5 heteroatoms. The van der Waals surface area contributed by atoms with Gasteiger partial charge in [-0.1, -0.05) is 0 Å². The van der Waals surface area contributed by atoms with E-state index < -0.39 is 12.0 Å². The van der Waals surface area contributed by atoms with Crippen LogP contribution in [0, 0.1) is 0 Å². The van der Waals surface area contributed by atoms with E-state index in [1.165, 1.54) is 0 Å². The van der Waals surface area contributed by atoms with E-state index in [1.807, 2.05) is 0 Å². The highest BCUT2D eigenvalue weighted by Gasteiger charge is 2.31. The molecule has 0 aromatic heterocycles. The van der Waals surface area contributed by atoms with Crippen LogP contribution in [-0.2, 0) is 14.4 Å². The van der Waals surface area contributed by atoms with Gasteiger partial charge in [0.25, 0.3) is 0 Å². The maximum atomic E-state index is 10.8. The summed E-state index contributed by atoms with van der Waals surface area (Å²) in [5.74, 6) is -1.80. The lowest BCUT2D eigenvalue weighted by Crippen LogP contribution is -2.31. The van der Waals surface area contributed by atoms with Gasteiger partial charge in [0.1, 0.15) is 0 Å². The second-order valence-corrected chi connectivity index (χ2v) is 2.36. The van der Waals surface area contributed by atoms with Crippen LogP contribution in [0.5, 0.6) is 0 Å². The second kappa shape index (κ2) is 2.69. The lowest BCUT2D eigenvalue weighted by molar-refractivity contribution is -0.139. The number of Topliss-reactive ketones (excluding diaryl/α,β-unsaturated/α-hetero) is 1. The molecule has 0 aromatic carbocycles. The highest BCUT2D eigenvalue weighted by Crippen LogP contribution is 2.05. The van der Waals surface area contributed by atoms with Gasteiger partial charge in [-0.15, -0.1) is 0 Å². The van der Waals surface area contributed by atoms with Crippen LogP contribution in [0.2, 0.25) is 0 Å². The van der Waals surface area contributed by atoms with Gasteiger partial charge in [-0.25, -0.2) is 0 Å². The summed E-state index contributed by atoms with van der Waals surface area (Å²) in [6.07, 6.45) is -0.498. The molecule has 1 rings (SSSR count). The third-order valence-electron chi connectivity index (χ3n) is 1.44. The Bertz CT molecular complexity index is 223. The van der Waals surface area contributed by atoms with Crippen LogP contribution in [0.1, 0.15) is 12.8 Å². The van der Waals surface area contributed by atoms with Crippen molar-refractivity contribution in [2.24, 2.45) is 0 Å². The van der Waals surface area contributed by atoms with Crippen LogP contribution in [0.4, 0.5) is 0 Å². The quantitative estimate of drug-likeness (QED) is 0.499. The number of carboxylic acid groups (broad SMARTS) is 1. The number of ketones is 1. The van der Waals surface area contributed by atoms with E-state index in [-0.39, 0.29) is 24.5 Å². The van der Waals surface area contributed by atoms with Crippen LogP contribution in [0.25, 0.3) is 0 Å². The molecule has 1 fully saturated rings. The summed E-state index contributed by atoms with van der Waals surface area (Å²) >= 11 is 0. The largest absolute Gasteiger partial charge is 0.481 e. The topological polar surface area (TPSA) is 83.5 Å². The van der Waals surface area contributed by atoms with Gasteiger partial charge in [0.05, 0.1) is 18.9 Å². The van der Waals surface area contributed by atoms with Gasteiger partial charge in [-0.05, 0) is 0 Å². The van der Waals surface area contributed by atoms with Gasteiger partial charge in [0, 0.05) is 0 Å². The van der Waals surface area contributed by atoms with E-state index in [9.17, 15) is 14.4 Å². The standard InChI is InChI=1S/C6H7NO4/c8-4-2-5(9)7-3(4)1-6(10)11/h3H,1-2H2,(H,7,9)(H,10,11). The molecule has 0 spiro atoms. The number of carbonyl (C=O) groups is 3. The van der Waals surface area contributed by atoms with E-state index in [0.29, 0.717) is 0 Å². The van der Waals surface area contributed by atoms with E-state index in [2.05, 4.69) is 5.32 Å². The third kappa shape index (κ3) is 1.76. The van der Waals surface area contributed by atoms with Crippen molar-refractivity contribution in [1.29, 1.82) is 0 Å². The van der Waals surface area contributed by atoms with Crippen LogP contribution in [-0.4, -0.2) is 28.8 Å². The lowest BCUT2D eigenvalue weighted by atomic mass is 10.1. The molecule has 0 aliphatic carbocycles. The summed E-state index contributed by atoms with van der Waals surface area (Å²) in [4.78, 5) is 31.4. The van der Waals surface area contributed by atoms with Crippen molar-refractivity contribution < 1.29 is 19.5 Å². The molecule has 5 nitrogen and oxygen atoms in total. The first kappa shape index (κ1) is 7.71. The predicted molar refractivity (Wildman–Crippen MR) is 33.8 cm³/mol. The fourth-order valence-corrected chi connectivity index (χ4v) is 0.947. The predicted octanol–water partition coefficient (Wildman–Crippen LogP) is -1.08. The Morgan fingerprint density at radius 2 is 2.27 bits per heavy atom. The van der Waals surface area contributed by atoms with E-state index in [4.69, 9.17) is 5.11 Å². The Hall–Kier alpha value is -1.39. The number of rotatable bonds is 2. The monoisotopic (exact) mass is 157 g/mol. The minimum absolute atomic E-state index is 0.183. The number of aliphatic carboxylic acids is 1. The van der Waals surface area contributed by atoms with Gasteiger partial charge in [-0.2, -0.15) is 0 Å². The summed E-state index contributed by atoms with van der Waals surface area (Å²) in [5, 5.41) is 10.5.